The molecule has 0 spiro atoms. The number of aromatic nitrogens is 1. The third-order valence-corrected chi connectivity index (χ3v) is 3.68. The fraction of sp³-hybridized carbons (Fsp3) is 0.333. The van der Waals surface area contributed by atoms with Crippen LogP contribution in [0, 0.1) is 0 Å². The summed E-state index contributed by atoms with van der Waals surface area (Å²) in [5, 5.41) is 2.33. The summed E-state index contributed by atoms with van der Waals surface area (Å²) in [5.41, 5.74) is 2.71. The Bertz CT molecular complexity index is 445. The molecule has 0 N–H and O–H groups in total. The van der Waals surface area contributed by atoms with Gasteiger partial charge in [-0.25, -0.2) is 0 Å². The van der Waals surface area contributed by atoms with Gasteiger partial charge < -0.3 is 4.57 Å². The SMILES string of the molecule is CC(CBr)c1ccc2ccn(C)c2c1. The molecule has 14 heavy (non-hydrogen) atoms. The van der Waals surface area contributed by atoms with Gasteiger partial charge in [0.25, 0.3) is 0 Å². The van der Waals surface area contributed by atoms with Crippen LogP contribution in [-0.2, 0) is 7.05 Å². The molecular formula is C12H14BrN. The molecule has 2 rings (SSSR count). The van der Waals surface area contributed by atoms with Gasteiger partial charge in [-0.05, 0) is 29.0 Å². The molecule has 1 nitrogen and oxygen atoms in total. The van der Waals surface area contributed by atoms with E-state index in [9.17, 15) is 0 Å². The molecule has 0 aliphatic heterocycles. The van der Waals surface area contributed by atoms with Crippen LogP contribution >= 0.6 is 15.9 Å². The molecule has 0 radical (unpaired) electrons. The number of benzene rings is 1. The van der Waals surface area contributed by atoms with Crippen LogP contribution in [0.2, 0.25) is 0 Å². The predicted octanol–water partition coefficient (Wildman–Crippen LogP) is 3.68. The number of hydrogen-bond acceptors (Lipinski definition) is 0. The van der Waals surface area contributed by atoms with Gasteiger partial charge in [0.2, 0.25) is 0 Å². The second kappa shape index (κ2) is 3.77. The van der Waals surface area contributed by atoms with Crippen LogP contribution < -0.4 is 0 Å². The number of hydrogen-bond donors (Lipinski definition) is 0. The standard InChI is InChI=1S/C12H14BrN/c1-9(8-13)11-4-3-10-5-6-14(2)12(10)7-11/h3-7,9H,8H2,1-2H3. The normalized spacial score (nSPS) is 13.4. The highest BCUT2D eigenvalue weighted by Crippen LogP contribution is 2.23. The molecule has 1 unspecified atom stereocenters. The van der Waals surface area contributed by atoms with Crippen molar-refractivity contribution in [3.63, 3.8) is 0 Å². The van der Waals surface area contributed by atoms with Gasteiger partial charge in [0, 0.05) is 24.1 Å². The summed E-state index contributed by atoms with van der Waals surface area (Å²) in [6, 6.07) is 8.84. The first-order valence-electron chi connectivity index (χ1n) is 4.83. The zero-order valence-corrected chi connectivity index (χ0v) is 10.1. The number of fused-ring (bicyclic) bond motifs is 1. The molecular weight excluding hydrogens is 238 g/mol. The number of alkyl halides is 1. The largest absolute Gasteiger partial charge is 0.351 e. The van der Waals surface area contributed by atoms with E-state index in [4.69, 9.17) is 0 Å². The van der Waals surface area contributed by atoms with Gasteiger partial charge in [-0.15, -0.1) is 0 Å². The zero-order valence-electron chi connectivity index (χ0n) is 8.50. The molecule has 0 saturated heterocycles. The molecule has 0 aliphatic rings. The van der Waals surface area contributed by atoms with Crippen molar-refractivity contribution in [2.75, 3.05) is 5.33 Å². The molecule has 74 valence electrons. The van der Waals surface area contributed by atoms with Crippen molar-refractivity contribution in [2.24, 2.45) is 7.05 Å². The Morgan fingerprint density at radius 2 is 2.14 bits per heavy atom. The van der Waals surface area contributed by atoms with E-state index < -0.39 is 0 Å². The Morgan fingerprint density at radius 1 is 1.36 bits per heavy atom. The molecule has 0 amide bonds. The number of nitrogens with zero attached hydrogens (tertiary/aromatic N) is 1. The topological polar surface area (TPSA) is 4.93 Å². The highest BCUT2D eigenvalue weighted by molar-refractivity contribution is 9.09. The van der Waals surface area contributed by atoms with Gasteiger partial charge in [-0.2, -0.15) is 0 Å². The lowest BCUT2D eigenvalue weighted by molar-refractivity contribution is 0.886. The molecule has 2 heteroatoms. The molecule has 2 aromatic rings. The first-order valence-corrected chi connectivity index (χ1v) is 5.95. The van der Waals surface area contributed by atoms with Crippen LogP contribution in [0.1, 0.15) is 18.4 Å². The van der Waals surface area contributed by atoms with Crippen molar-refractivity contribution in [2.45, 2.75) is 12.8 Å². The smallest absolute Gasteiger partial charge is 0.0480 e. The van der Waals surface area contributed by atoms with Crippen LogP contribution in [0.4, 0.5) is 0 Å². The van der Waals surface area contributed by atoms with E-state index in [1.807, 2.05) is 0 Å². The van der Waals surface area contributed by atoms with Crippen LogP contribution in [0.15, 0.2) is 30.5 Å². The quantitative estimate of drug-likeness (QED) is 0.718. The van der Waals surface area contributed by atoms with Crippen LogP contribution in [0.25, 0.3) is 10.9 Å². The molecule has 0 saturated carbocycles. The summed E-state index contributed by atoms with van der Waals surface area (Å²) < 4.78 is 2.17. The summed E-state index contributed by atoms with van der Waals surface area (Å²) in [5.74, 6) is 0.578. The van der Waals surface area contributed by atoms with Crippen molar-refractivity contribution in [1.82, 2.24) is 4.57 Å². The van der Waals surface area contributed by atoms with E-state index in [1.54, 1.807) is 0 Å². The minimum absolute atomic E-state index is 0.578. The minimum Gasteiger partial charge on any atom is -0.351 e. The molecule has 0 aliphatic carbocycles. The second-order valence-corrected chi connectivity index (χ2v) is 4.45. The van der Waals surface area contributed by atoms with Crippen LogP contribution in [-0.4, -0.2) is 9.90 Å². The Kier molecular flexibility index (Phi) is 2.64. The summed E-state index contributed by atoms with van der Waals surface area (Å²) in [6.07, 6.45) is 2.10. The van der Waals surface area contributed by atoms with Crippen molar-refractivity contribution in [1.29, 1.82) is 0 Å². The van der Waals surface area contributed by atoms with Crippen molar-refractivity contribution >= 4 is 26.8 Å². The van der Waals surface area contributed by atoms with Crippen LogP contribution in [0.5, 0.6) is 0 Å². The van der Waals surface area contributed by atoms with Crippen molar-refractivity contribution in [3.05, 3.63) is 36.0 Å². The highest BCUT2D eigenvalue weighted by Gasteiger charge is 2.05. The van der Waals surface area contributed by atoms with E-state index in [-0.39, 0.29) is 0 Å². The first-order chi connectivity index (χ1) is 6.72. The fourth-order valence-corrected chi connectivity index (χ4v) is 2.05. The summed E-state index contributed by atoms with van der Waals surface area (Å²) in [6.45, 7) is 2.23. The average Bonchev–Trinajstić information content (AvgIpc) is 2.59. The fourth-order valence-electron chi connectivity index (χ4n) is 1.68. The zero-order chi connectivity index (χ0) is 10.1. The van der Waals surface area contributed by atoms with E-state index in [0.29, 0.717) is 5.92 Å². The third kappa shape index (κ3) is 1.59. The monoisotopic (exact) mass is 251 g/mol. The van der Waals surface area contributed by atoms with Crippen molar-refractivity contribution < 1.29 is 0 Å². The maximum atomic E-state index is 3.52. The Balaban J connectivity index is 2.54. The third-order valence-electron chi connectivity index (χ3n) is 2.71. The first kappa shape index (κ1) is 9.78. The average molecular weight is 252 g/mol. The van der Waals surface area contributed by atoms with Gasteiger partial charge in [0.1, 0.15) is 0 Å². The Labute approximate surface area is 92.9 Å². The van der Waals surface area contributed by atoms with Gasteiger partial charge >= 0.3 is 0 Å². The lowest BCUT2D eigenvalue weighted by atomic mass is 10.0. The number of rotatable bonds is 2. The lowest BCUT2D eigenvalue weighted by Gasteiger charge is -2.08. The molecule has 0 bridgehead atoms. The maximum Gasteiger partial charge on any atom is 0.0480 e. The van der Waals surface area contributed by atoms with E-state index in [2.05, 4.69) is 64.9 Å². The van der Waals surface area contributed by atoms with E-state index in [0.717, 1.165) is 5.33 Å². The van der Waals surface area contributed by atoms with E-state index >= 15 is 0 Å². The van der Waals surface area contributed by atoms with Gasteiger partial charge in [-0.3, -0.25) is 0 Å². The second-order valence-electron chi connectivity index (χ2n) is 3.80. The van der Waals surface area contributed by atoms with Gasteiger partial charge in [-0.1, -0.05) is 35.0 Å². The molecule has 1 aromatic carbocycles. The summed E-state index contributed by atoms with van der Waals surface area (Å²) in [7, 11) is 2.09. The maximum absolute atomic E-state index is 3.52. The Morgan fingerprint density at radius 3 is 2.86 bits per heavy atom. The molecule has 1 atom stereocenters. The molecule has 0 fully saturated rings. The minimum atomic E-state index is 0.578. The predicted molar refractivity (Wildman–Crippen MR) is 65.1 cm³/mol. The van der Waals surface area contributed by atoms with Crippen LogP contribution in [0.3, 0.4) is 0 Å². The van der Waals surface area contributed by atoms with Gasteiger partial charge in [0.15, 0.2) is 0 Å². The van der Waals surface area contributed by atoms with Gasteiger partial charge in [0.05, 0.1) is 0 Å². The summed E-state index contributed by atoms with van der Waals surface area (Å²) >= 11 is 3.52. The lowest BCUT2D eigenvalue weighted by Crippen LogP contribution is -1.94. The molecule has 1 heterocycles. The van der Waals surface area contributed by atoms with E-state index in [1.165, 1.54) is 16.5 Å². The number of aryl methyl sites for hydroxylation is 1. The number of halogens is 1. The molecule has 1 aromatic heterocycles. The summed E-state index contributed by atoms with van der Waals surface area (Å²) in [4.78, 5) is 0. The highest BCUT2D eigenvalue weighted by atomic mass is 79.9. The Hall–Kier alpha value is -0.760. The van der Waals surface area contributed by atoms with Crippen molar-refractivity contribution in [3.8, 4) is 0 Å².